The van der Waals surface area contributed by atoms with Gasteiger partial charge in [-0.2, -0.15) is 0 Å². The maximum Gasteiger partial charge on any atom is 0.258 e. The van der Waals surface area contributed by atoms with Gasteiger partial charge in [0.15, 0.2) is 0 Å². The van der Waals surface area contributed by atoms with Crippen molar-refractivity contribution in [3.63, 3.8) is 0 Å². The van der Waals surface area contributed by atoms with Crippen LogP contribution in [-0.4, -0.2) is 36.1 Å². The summed E-state index contributed by atoms with van der Waals surface area (Å²) >= 11 is 0. The van der Waals surface area contributed by atoms with Crippen molar-refractivity contribution in [1.29, 1.82) is 0 Å². The number of aromatic nitrogens is 2. The van der Waals surface area contributed by atoms with Gasteiger partial charge >= 0.3 is 0 Å². The van der Waals surface area contributed by atoms with Crippen LogP contribution >= 0.6 is 0 Å². The van der Waals surface area contributed by atoms with E-state index in [1.165, 1.54) is 12.4 Å². The van der Waals surface area contributed by atoms with Crippen LogP contribution in [0.15, 0.2) is 30.6 Å². The van der Waals surface area contributed by atoms with Gasteiger partial charge in [-0.15, -0.1) is 0 Å². The number of hydrogen-bond acceptors (Lipinski definition) is 5. The van der Waals surface area contributed by atoms with Crippen molar-refractivity contribution in [2.24, 2.45) is 0 Å². The molecule has 2 rings (SSSR count). The SMILES string of the molecule is COCCNc1ncc(C(=O)Nc2cccc(C)c2C)cn1. The van der Waals surface area contributed by atoms with Gasteiger partial charge in [0.1, 0.15) is 0 Å². The maximum atomic E-state index is 12.2. The Morgan fingerprint density at radius 1 is 1.23 bits per heavy atom. The molecule has 0 unspecified atom stereocenters. The van der Waals surface area contributed by atoms with Crippen molar-refractivity contribution < 1.29 is 9.53 Å². The topological polar surface area (TPSA) is 76.1 Å². The van der Waals surface area contributed by atoms with Gasteiger partial charge < -0.3 is 15.4 Å². The Balaban J connectivity index is 2.02. The van der Waals surface area contributed by atoms with Gasteiger partial charge in [0.05, 0.1) is 12.2 Å². The van der Waals surface area contributed by atoms with Crippen molar-refractivity contribution >= 4 is 17.5 Å². The average Bonchev–Trinajstić information content (AvgIpc) is 2.53. The minimum absolute atomic E-state index is 0.225. The number of carbonyl (C=O) groups is 1. The van der Waals surface area contributed by atoms with E-state index in [9.17, 15) is 4.79 Å². The van der Waals surface area contributed by atoms with Crippen LogP contribution in [0.5, 0.6) is 0 Å². The normalized spacial score (nSPS) is 10.3. The molecule has 6 nitrogen and oxygen atoms in total. The van der Waals surface area contributed by atoms with Gasteiger partial charge in [-0.05, 0) is 31.0 Å². The molecule has 0 aliphatic heterocycles. The molecule has 0 atom stereocenters. The largest absolute Gasteiger partial charge is 0.383 e. The molecule has 0 fully saturated rings. The van der Waals surface area contributed by atoms with Crippen molar-refractivity contribution in [2.75, 3.05) is 30.9 Å². The predicted molar refractivity (Wildman–Crippen MR) is 86.3 cm³/mol. The van der Waals surface area contributed by atoms with Gasteiger partial charge in [0.25, 0.3) is 5.91 Å². The number of methoxy groups -OCH3 is 1. The van der Waals surface area contributed by atoms with Crippen molar-refractivity contribution in [3.05, 3.63) is 47.3 Å². The quantitative estimate of drug-likeness (QED) is 0.801. The van der Waals surface area contributed by atoms with Gasteiger partial charge in [-0.3, -0.25) is 4.79 Å². The van der Waals surface area contributed by atoms with Gasteiger partial charge in [0.2, 0.25) is 5.95 Å². The fraction of sp³-hybridized carbons (Fsp3) is 0.312. The lowest BCUT2D eigenvalue weighted by Crippen LogP contribution is -2.15. The van der Waals surface area contributed by atoms with E-state index < -0.39 is 0 Å². The molecule has 0 aliphatic rings. The summed E-state index contributed by atoms with van der Waals surface area (Å²) in [7, 11) is 1.63. The summed E-state index contributed by atoms with van der Waals surface area (Å²) in [6, 6.07) is 5.80. The predicted octanol–water partition coefficient (Wildman–Crippen LogP) is 2.40. The first-order valence-electron chi connectivity index (χ1n) is 7.04. The average molecular weight is 300 g/mol. The lowest BCUT2D eigenvalue weighted by Gasteiger charge is -2.10. The number of carbonyl (C=O) groups excluding carboxylic acids is 1. The summed E-state index contributed by atoms with van der Waals surface area (Å²) in [5.41, 5.74) is 3.40. The first-order chi connectivity index (χ1) is 10.6. The summed E-state index contributed by atoms with van der Waals surface area (Å²) in [5, 5.41) is 5.88. The minimum Gasteiger partial charge on any atom is -0.383 e. The van der Waals surface area contributed by atoms with Crippen LogP contribution in [0.4, 0.5) is 11.6 Å². The first kappa shape index (κ1) is 15.9. The number of nitrogens with one attached hydrogen (secondary N) is 2. The Morgan fingerprint density at radius 2 is 1.95 bits per heavy atom. The number of hydrogen-bond donors (Lipinski definition) is 2. The van der Waals surface area contributed by atoms with Crippen LogP contribution in [0, 0.1) is 13.8 Å². The van der Waals surface area contributed by atoms with Crippen LogP contribution in [0.3, 0.4) is 0 Å². The smallest absolute Gasteiger partial charge is 0.258 e. The molecule has 0 aliphatic carbocycles. The number of rotatable bonds is 6. The Bertz CT molecular complexity index is 641. The third-order valence-electron chi connectivity index (χ3n) is 3.36. The van der Waals surface area contributed by atoms with Crippen molar-refractivity contribution in [3.8, 4) is 0 Å². The Morgan fingerprint density at radius 3 is 2.64 bits per heavy atom. The molecular formula is C16H20N4O2. The zero-order valence-corrected chi connectivity index (χ0v) is 13.0. The summed E-state index contributed by atoms with van der Waals surface area (Å²) in [6.45, 7) is 5.17. The van der Waals surface area contributed by atoms with Gasteiger partial charge in [0, 0.05) is 31.7 Å². The van der Waals surface area contributed by atoms with Gasteiger partial charge in [-0.1, -0.05) is 12.1 Å². The second-order valence-electron chi connectivity index (χ2n) is 4.92. The standard InChI is InChI=1S/C16H20N4O2/c1-11-5-4-6-14(12(11)2)20-15(21)13-9-18-16(19-10-13)17-7-8-22-3/h4-6,9-10H,7-8H2,1-3H3,(H,20,21)(H,17,18,19). The molecule has 0 radical (unpaired) electrons. The van der Waals surface area contributed by atoms with E-state index in [4.69, 9.17) is 4.74 Å². The van der Waals surface area contributed by atoms with E-state index in [1.54, 1.807) is 7.11 Å². The number of amides is 1. The zero-order chi connectivity index (χ0) is 15.9. The highest BCUT2D eigenvalue weighted by atomic mass is 16.5. The fourth-order valence-electron chi connectivity index (χ4n) is 1.88. The molecule has 0 saturated heterocycles. The summed E-state index contributed by atoms with van der Waals surface area (Å²) in [6.07, 6.45) is 3.01. The zero-order valence-electron chi connectivity index (χ0n) is 13.0. The lowest BCUT2D eigenvalue weighted by atomic mass is 10.1. The summed E-state index contributed by atoms with van der Waals surface area (Å²) in [5.74, 6) is 0.248. The van der Waals surface area contributed by atoms with Crippen molar-refractivity contribution in [2.45, 2.75) is 13.8 Å². The Hall–Kier alpha value is -2.47. The maximum absolute atomic E-state index is 12.2. The first-order valence-corrected chi connectivity index (χ1v) is 7.04. The molecule has 2 aromatic rings. The van der Waals surface area contributed by atoms with Crippen LogP contribution in [-0.2, 0) is 4.74 Å². The Kier molecular flexibility index (Phi) is 5.43. The number of anilines is 2. The van der Waals surface area contributed by atoms with Crippen molar-refractivity contribution in [1.82, 2.24) is 9.97 Å². The molecule has 1 amide bonds. The van der Waals surface area contributed by atoms with Gasteiger partial charge in [-0.25, -0.2) is 9.97 Å². The molecule has 2 N–H and O–H groups in total. The number of nitrogens with zero attached hydrogens (tertiary/aromatic N) is 2. The summed E-state index contributed by atoms with van der Waals surface area (Å²) < 4.78 is 4.93. The van der Waals surface area contributed by atoms with E-state index in [0.717, 1.165) is 16.8 Å². The molecule has 1 heterocycles. The van der Waals surface area contributed by atoms with Crippen LogP contribution in [0.2, 0.25) is 0 Å². The molecule has 1 aromatic carbocycles. The second-order valence-corrected chi connectivity index (χ2v) is 4.92. The Labute approximate surface area is 129 Å². The molecule has 0 saturated carbocycles. The number of benzene rings is 1. The van der Waals surface area contributed by atoms with E-state index in [2.05, 4.69) is 20.6 Å². The molecule has 1 aromatic heterocycles. The lowest BCUT2D eigenvalue weighted by molar-refractivity contribution is 0.102. The number of aryl methyl sites for hydroxylation is 1. The number of ether oxygens (including phenoxy) is 1. The van der Waals surface area contributed by atoms with Crippen LogP contribution < -0.4 is 10.6 Å². The van der Waals surface area contributed by atoms with E-state index >= 15 is 0 Å². The highest BCUT2D eigenvalue weighted by Crippen LogP contribution is 2.18. The molecule has 116 valence electrons. The molecule has 22 heavy (non-hydrogen) atoms. The van der Waals surface area contributed by atoms with E-state index in [1.807, 2.05) is 32.0 Å². The fourth-order valence-corrected chi connectivity index (χ4v) is 1.88. The molecule has 6 heteroatoms. The highest BCUT2D eigenvalue weighted by molar-refractivity contribution is 6.04. The van der Waals surface area contributed by atoms with E-state index in [-0.39, 0.29) is 5.91 Å². The minimum atomic E-state index is -0.225. The third kappa shape index (κ3) is 4.02. The molecule has 0 spiro atoms. The summed E-state index contributed by atoms with van der Waals surface area (Å²) in [4.78, 5) is 20.4. The molecular weight excluding hydrogens is 280 g/mol. The van der Waals surface area contributed by atoms with E-state index in [0.29, 0.717) is 24.7 Å². The van der Waals surface area contributed by atoms with Crippen LogP contribution in [0.1, 0.15) is 21.5 Å². The van der Waals surface area contributed by atoms with Crippen LogP contribution in [0.25, 0.3) is 0 Å². The monoisotopic (exact) mass is 300 g/mol. The second kappa shape index (κ2) is 7.51. The molecule has 0 bridgehead atoms. The highest BCUT2D eigenvalue weighted by Gasteiger charge is 2.09. The third-order valence-corrected chi connectivity index (χ3v) is 3.36.